The zero-order chi connectivity index (χ0) is 13.6. The molecule has 0 saturated carbocycles. The van der Waals surface area contributed by atoms with Gasteiger partial charge in [-0.25, -0.2) is 4.39 Å². The van der Waals surface area contributed by atoms with Crippen molar-refractivity contribution >= 4 is 50.8 Å². The molecule has 2 aromatic carbocycles. The first-order valence-electron chi connectivity index (χ1n) is 5.42. The van der Waals surface area contributed by atoms with E-state index in [0.717, 1.165) is 15.7 Å². The molecule has 0 radical (unpaired) electrons. The molecule has 1 N–H and O–H groups in total. The fourth-order valence-electron chi connectivity index (χ4n) is 1.96. The van der Waals surface area contributed by atoms with Crippen LogP contribution >= 0.6 is 39.7 Å². The van der Waals surface area contributed by atoms with Crippen molar-refractivity contribution in [2.24, 2.45) is 0 Å². The van der Waals surface area contributed by atoms with Crippen LogP contribution in [0.4, 0.5) is 4.39 Å². The third-order valence-corrected chi connectivity index (χ3v) is 4.32. The third-order valence-electron chi connectivity index (χ3n) is 2.81. The summed E-state index contributed by atoms with van der Waals surface area (Å²) in [5, 5.41) is 0.593. The number of aromatic nitrogens is 2. The molecule has 3 aromatic rings. The maximum Gasteiger partial charge on any atom is 0.182 e. The second-order valence-electron chi connectivity index (χ2n) is 4.03. The molecule has 1 heterocycles. The lowest BCUT2D eigenvalue weighted by Crippen LogP contribution is -1.93. The zero-order valence-electron chi connectivity index (χ0n) is 9.45. The number of aromatic amines is 1. The van der Waals surface area contributed by atoms with Gasteiger partial charge in [0.1, 0.15) is 5.82 Å². The van der Waals surface area contributed by atoms with Crippen molar-refractivity contribution in [1.82, 2.24) is 9.55 Å². The first kappa shape index (κ1) is 12.8. The molecule has 0 aliphatic carbocycles. The summed E-state index contributed by atoms with van der Waals surface area (Å²) in [7, 11) is 0. The number of hydrogen-bond donors (Lipinski definition) is 1. The lowest BCUT2D eigenvalue weighted by Gasteiger charge is -2.06. The summed E-state index contributed by atoms with van der Waals surface area (Å²) in [6, 6.07) is 10.1. The molecular formula is C13H7BrClFN2S. The van der Waals surface area contributed by atoms with Gasteiger partial charge in [0.05, 0.1) is 16.1 Å². The number of H-pyrrole nitrogens is 1. The minimum Gasteiger partial charge on any atom is -0.330 e. The van der Waals surface area contributed by atoms with Gasteiger partial charge in [-0.15, -0.1) is 0 Å². The van der Waals surface area contributed by atoms with Gasteiger partial charge < -0.3 is 4.98 Å². The molecule has 2 nitrogen and oxygen atoms in total. The van der Waals surface area contributed by atoms with E-state index in [1.165, 1.54) is 12.1 Å². The molecule has 0 unspecified atom stereocenters. The Balaban J connectivity index is 2.32. The van der Waals surface area contributed by atoms with Gasteiger partial charge >= 0.3 is 0 Å². The number of imidazole rings is 1. The Bertz CT molecular complexity index is 840. The lowest BCUT2D eigenvalue weighted by atomic mass is 10.2. The highest BCUT2D eigenvalue weighted by atomic mass is 79.9. The summed E-state index contributed by atoms with van der Waals surface area (Å²) in [5.41, 5.74) is 2.30. The zero-order valence-corrected chi connectivity index (χ0v) is 12.6. The van der Waals surface area contributed by atoms with Crippen LogP contribution in [0.1, 0.15) is 0 Å². The molecule has 6 heteroatoms. The summed E-state index contributed by atoms with van der Waals surface area (Å²) < 4.78 is 16.3. The van der Waals surface area contributed by atoms with Gasteiger partial charge in [-0.05, 0) is 64.5 Å². The van der Waals surface area contributed by atoms with E-state index in [9.17, 15) is 4.39 Å². The monoisotopic (exact) mass is 356 g/mol. The summed E-state index contributed by atoms with van der Waals surface area (Å²) in [6.45, 7) is 0. The van der Waals surface area contributed by atoms with Crippen LogP contribution in [0.25, 0.3) is 16.7 Å². The van der Waals surface area contributed by atoms with Crippen LogP contribution in [0.2, 0.25) is 5.02 Å². The van der Waals surface area contributed by atoms with E-state index < -0.39 is 0 Å². The van der Waals surface area contributed by atoms with Crippen LogP contribution < -0.4 is 0 Å². The van der Waals surface area contributed by atoms with Gasteiger partial charge in [-0.2, -0.15) is 0 Å². The quantitative estimate of drug-likeness (QED) is 0.590. The third kappa shape index (κ3) is 2.22. The Labute approximate surface area is 127 Å². The number of nitrogens with one attached hydrogen (secondary N) is 1. The predicted molar refractivity (Wildman–Crippen MR) is 81.1 cm³/mol. The Morgan fingerprint density at radius 3 is 2.74 bits per heavy atom. The van der Waals surface area contributed by atoms with E-state index in [0.29, 0.717) is 15.3 Å². The maximum absolute atomic E-state index is 13.2. The molecule has 0 saturated heterocycles. The van der Waals surface area contributed by atoms with Gasteiger partial charge in [0.25, 0.3) is 0 Å². The van der Waals surface area contributed by atoms with Crippen molar-refractivity contribution in [3.8, 4) is 5.69 Å². The maximum atomic E-state index is 13.2. The van der Waals surface area contributed by atoms with E-state index >= 15 is 0 Å². The van der Waals surface area contributed by atoms with E-state index in [2.05, 4.69) is 20.9 Å². The van der Waals surface area contributed by atoms with Crippen LogP contribution in [-0.2, 0) is 0 Å². The molecule has 3 rings (SSSR count). The fraction of sp³-hybridized carbons (Fsp3) is 0. The van der Waals surface area contributed by atoms with Crippen LogP contribution in [0.3, 0.4) is 0 Å². The van der Waals surface area contributed by atoms with Crippen molar-refractivity contribution in [2.75, 3.05) is 0 Å². The molecular weight excluding hydrogens is 351 g/mol. The molecule has 0 fully saturated rings. The molecule has 0 bridgehead atoms. The average Bonchev–Trinajstić information content (AvgIpc) is 2.68. The summed E-state index contributed by atoms with van der Waals surface area (Å²) in [4.78, 5) is 2.98. The number of nitrogens with zero attached hydrogens (tertiary/aromatic N) is 1. The van der Waals surface area contributed by atoms with E-state index in [-0.39, 0.29) is 5.82 Å². The van der Waals surface area contributed by atoms with Crippen molar-refractivity contribution in [1.29, 1.82) is 0 Å². The molecule has 0 spiro atoms. The van der Waals surface area contributed by atoms with E-state index in [1.54, 1.807) is 12.1 Å². The standard InChI is InChI=1S/C13H7BrClFN2S/c14-9-3-2-8(6-10(9)15)18-12-4-1-7(16)5-11(12)17-13(18)19/h1-6H,(H,17,19). The van der Waals surface area contributed by atoms with Crippen molar-refractivity contribution in [2.45, 2.75) is 0 Å². The largest absolute Gasteiger partial charge is 0.330 e. The minimum atomic E-state index is -0.301. The van der Waals surface area contributed by atoms with Crippen LogP contribution in [0.15, 0.2) is 40.9 Å². The van der Waals surface area contributed by atoms with Gasteiger partial charge in [-0.3, -0.25) is 4.57 Å². The van der Waals surface area contributed by atoms with Crippen LogP contribution in [-0.4, -0.2) is 9.55 Å². The van der Waals surface area contributed by atoms with Crippen molar-refractivity contribution < 1.29 is 4.39 Å². The van der Waals surface area contributed by atoms with Gasteiger partial charge in [0, 0.05) is 10.2 Å². The molecule has 0 atom stereocenters. The molecule has 0 aliphatic heterocycles. The SMILES string of the molecule is Fc1ccc2c(c1)[nH]c(=S)n2-c1ccc(Br)c(Cl)c1. The van der Waals surface area contributed by atoms with Crippen LogP contribution in [0.5, 0.6) is 0 Å². The van der Waals surface area contributed by atoms with E-state index in [4.69, 9.17) is 23.8 Å². The molecule has 0 amide bonds. The van der Waals surface area contributed by atoms with Gasteiger partial charge in [0.2, 0.25) is 0 Å². The number of rotatable bonds is 1. The predicted octanol–water partition coefficient (Wildman–Crippen LogP) is 5.24. The van der Waals surface area contributed by atoms with Crippen molar-refractivity contribution in [3.63, 3.8) is 0 Å². The Kier molecular flexibility index (Phi) is 3.20. The highest BCUT2D eigenvalue weighted by Gasteiger charge is 2.08. The Morgan fingerprint density at radius 2 is 2.00 bits per heavy atom. The normalized spacial score (nSPS) is 11.1. The van der Waals surface area contributed by atoms with Gasteiger partial charge in [-0.1, -0.05) is 11.6 Å². The Hall–Kier alpha value is -1.17. The second kappa shape index (κ2) is 4.74. The molecule has 0 aliphatic rings. The summed E-state index contributed by atoms with van der Waals surface area (Å²) in [6.07, 6.45) is 0. The molecule has 1 aromatic heterocycles. The number of fused-ring (bicyclic) bond motifs is 1. The van der Waals surface area contributed by atoms with Gasteiger partial charge in [0.15, 0.2) is 4.77 Å². The highest BCUT2D eigenvalue weighted by molar-refractivity contribution is 9.10. The highest BCUT2D eigenvalue weighted by Crippen LogP contribution is 2.27. The second-order valence-corrected chi connectivity index (χ2v) is 5.67. The van der Waals surface area contributed by atoms with E-state index in [1.807, 2.05) is 16.7 Å². The Morgan fingerprint density at radius 1 is 1.21 bits per heavy atom. The minimum absolute atomic E-state index is 0.301. The fourth-order valence-corrected chi connectivity index (χ4v) is 2.70. The van der Waals surface area contributed by atoms with Crippen molar-refractivity contribution in [3.05, 3.63) is 56.5 Å². The average molecular weight is 358 g/mol. The number of halogens is 3. The number of benzene rings is 2. The first-order chi connectivity index (χ1) is 9.06. The first-order valence-corrected chi connectivity index (χ1v) is 7.00. The molecule has 96 valence electrons. The lowest BCUT2D eigenvalue weighted by molar-refractivity contribution is 0.629. The summed E-state index contributed by atoms with van der Waals surface area (Å²) >= 11 is 14.7. The molecule has 19 heavy (non-hydrogen) atoms. The summed E-state index contributed by atoms with van der Waals surface area (Å²) in [5.74, 6) is -0.301. The smallest absolute Gasteiger partial charge is 0.182 e. The topological polar surface area (TPSA) is 20.7 Å². The van der Waals surface area contributed by atoms with Crippen LogP contribution in [0, 0.1) is 10.6 Å². The number of hydrogen-bond acceptors (Lipinski definition) is 1.